The molecule has 3 heterocycles. The van der Waals surface area contributed by atoms with Gasteiger partial charge in [0.25, 0.3) is 0 Å². The van der Waals surface area contributed by atoms with Crippen LogP contribution in [-0.4, -0.2) is 9.97 Å². The number of hydrogen-bond acceptors (Lipinski definition) is 5. The van der Waals surface area contributed by atoms with Gasteiger partial charge in [0.2, 0.25) is 0 Å². The van der Waals surface area contributed by atoms with Crippen molar-refractivity contribution < 1.29 is 4.42 Å². The first-order chi connectivity index (χ1) is 5.27. The van der Waals surface area contributed by atoms with E-state index in [9.17, 15) is 9.59 Å². The van der Waals surface area contributed by atoms with E-state index in [2.05, 4.69) is 14.4 Å². The summed E-state index contributed by atoms with van der Waals surface area (Å²) in [7, 11) is 0. The van der Waals surface area contributed by atoms with Gasteiger partial charge in [-0.1, -0.05) is 0 Å². The summed E-state index contributed by atoms with van der Waals surface area (Å²) in [6, 6.07) is 0. The van der Waals surface area contributed by atoms with Crippen LogP contribution in [0, 0.1) is 0 Å². The van der Waals surface area contributed by atoms with Crippen molar-refractivity contribution in [3.8, 4) is 0 Å². The summed E-state index contributed by atoms with van der Waals surface area (Å²) in [5.74, 6) is 0. The van der Waals surface area contributed by atoms with Gasteiger partial charge in [-0.05, 0) is 0 Å². The van der Waals surface area contributed by atoms with Crippen LogP contribution in [0.15, 0.2) is 26.4 Å². The summed E-state index contributed by atoms with van der Waals surface area (Å²) in [4.78, 5) is 28.8. The van der Waals surface area contributed by atoms with Crippen LogP contribution in [0.5, 0.6) is 0 Å². The van der Waals surface area contributed by atoms with Gasteiger partial charge in [0.1, 0.15) is 0 Å². The molecule has 0 aliphatic rings. The van der Waals surface area contributed by atoms with Crippen LogP contribution in [0.1, 0.15) is 0 Å². The highest BCUT2D eigenvalue weighted by Crippen LogP contribution is 1.89. The highest BCUT2D eigenvalue weighted by molar-refractivity contribution is 5.47. The molecule has 0 spiro atoms. The van der Waals surface area contributed by atoms with E-state index in [-0.39, 0.29) is 11.0 Å². The maximum atomic E-state index is 10.8. The first kappa shape index (κ1) is 5.96. The smallest absolute Gasteiger partial charge is 0.366 e. The molecule has 3 aromatic heterocycles. The van der Waals surface area contributed by atoms with Crippen LogP contribution in [0.25, 0.3) is 11.0 Å². The van der Waals surface area contributed by atoms with Gasteiger partial charge in [0, 0.05) is 0 Å². The van der Waals surface area contributed by atoms with Gasteiger partial charge < -0.3 is 4.42 Å². The predicted octanol–water partition coefficient (Wildman–Crippen LogP) is -0.619. The number of rotatable bonds is 0. The van der Waals surface area contributed by atoms with Crippen molar-refractivity contribution >= 4 is 11.0 Å². The Balaban J connectivity index is 3.27. The third-order valence-electron chi connectivity index (χ3n) is 1.26. The zero-order chi connectivity index (χ0) is 7.84. The fraction of sp³-hybridized carbons (Fsp3) is 0. The van der Waals surface area contributed by atoms with Gasteiger partial charge in [0.15, 0.2) is 11.0 Å². The molecule has 2 bridgehead atoms. The molecule has 3 aromatic rings. The number of aromatic nitrogens is 2. The molecule has 0 radical (unpaired) electrons. The predicted molar refractivity (Wildman–Crippen MR) is 35.5 cm³/mol. The van der Waals surface area contributed by atoms with E-state index in [1.54, 1.807) is 0 Å². The number of hydrogen-bond donors (Lipinski definition) is 0. The molecule has 3 rings (SSSR count). The van der Waals surface area contributed by atoms with Crippen molar-refractivity contribution in [1.29, 1.82) is 0 Å². The third kappa shape index (κ3) is 0.778. The Morgan fingerprint density at radius 3 is 1.82 bits per heavy atom. The van der Waals surface area contributed by atoms with Crippen LogP contribution >= 0.6 is 0 Å². The molecule has 5 heteroatoms. The van der Waals surface area contributed by atoms with Crippen LogP contribution in [-0.2, 0) is 0 Å². The second-order valence-corrected chi connectivity index (χ2v) is 1.96. The average molecular weight is 150 g/mol. The van der Waals surface area contributed by atoms with Crippen LogP contribution < -0.4 is 11.3 Å². The fourth-order valence-electron chi connectivity index (χ4n) is 0.728. The normalized spacial score (nSPS) is 10.5. The molecule has 0 unspecified atom stereocenters. The van der Waals surface area contributed by atoms with E-state index >= 15 is 0 Å². The summed E-state index contributed by atoms with van der Waals surface area (Å²) in [6.45, 7) is 0. The summed E-state index contributed by atoms with van der Waals surface area (Å²) < 4.78 is 4.30. The van der Waals surface area contributed by atoms with E-state index < -0.39 is 11.3 Å². The van der Waals surface area contributed by atoms with Gasteiger partial charge in [-0.25, -0.2) is 19.6 Å². The molecule has 0 aromatic carbocycles. The van der Waals surface area contributed by atoms with Crippen LogP contribution in [0.3, 0.4) is 0 Å². The monoisotopic (exact) mass is 150 g/mol. The molecular weight excluding hydrogens is 148 g/mol. The maximum Gasteiger partial charge on any atom is 0.366 e. The molecule has 0 fully saturated rings. The first-order valence-corrected chi connectivity index (χ1v) is 2.86. The van der Waals surface area contributed by atoms with Gasteiger partial charge in [-0.3, -0.25) is 0 Å². The number of fused-ring (bicyclic) bond motifs is 4. The SMILES string of the molecule is O=c1oc(=O)c2cnc1cn2. The van der Waals surface area contributed by atoms with Gasteiger partial charge in [0.05, 0.1) is 12.4 Å². The minimum absolute atomic E-state index is 0.0552. The number of nitrogens with zero attached hydrogens (tertiary/aromatic N) is 2. The van der Waals surface area contributed by atoms with E-state index in [0.29, 0.717) is 0 Å². The van der Waals surface area contributed by atoms with Crippen molar-refractivity contribution in [2.24, 2.45) is 0 Å². The second-order valence-electron chi connectivity index (χ2n) is 1.96. The lowest BCUT2D eigenvalue weighted by molar-refractivity contribution is 0.490. The van der Waals surface area contributed by atoms with Gasteiger partial charge >= 0.3 is 11.3 Å². The van der Waals surface area contributed by atoms with E-state index in [0.717, 1.165) is 0 Å². The minimum atomic E-state index is -0.748. The Hall–Kier alpha value is -1.78. The quantitative estimate of drug-likeness (QED) is 0.500. The van der Waals surface area contributed by atoms with Crippen molar-refractivity contribution in [3.05, 3.63) is 33.2 Å². The lowest BCUT2D eigenvalue weighted by Crippen LogP contribution is -2.02. The minimum Gasteiger partial charge on any atom is -0.383 e. The second kappa shape index (κ2) is 1.85. The molecule has 54 valence electrons. The lowest BCUT2D eigenvalue weighted by Gasteiger charge is -1.77. The first-order valence-electron chi connectivity index (χ1n) is 2.86. The average Bonchev–Trinajstić information content (AvgIpc) is 2.22. The zero-order valence-corrected chi connectivity index (χ0v) is 5.27. The summed E-state index contributed by atoms with van der Waals surface area (Å²) >= 11 is 0. The summed E-state index contributed by atoms with van der Waals surface area (Å²) in [5.41, 5.74) is -1.39. The Morgan fingerprint density at radius 2 is 1.45 bits per heavy atom. The molecule has 0 saturated carbocycles. The topological polar surface area (TPSA) is 73.1 Å². The van der Waals surface area contributed by atoms with E-state index in [4.69, 9.17) is 0 Å². The molecule has 11 heavy (non-hydrogen) atoms. The Bertz CT molecular complexity index is 426. The molecule has 0 aliphatic carbocycles. The maximum absolute atomic E-state index is 10.8. The van der Waals surface area contributed by atoms with E-state index in [1.807, 2.05) is 0 Å². The molecule has 0 saturated heterocycles. The zero-order valence-electron chi connectivity index (χ0n) is 5.27. The largest absolute Gasteiger partial charge is 0.383 e. The molecule has 0 N–H and O–H groups in total. The highest BCUT2D eigenvalue weighted by Gasteiger charge is 2.01. The van der Waals surface area contributed by atoms with Crippen molar-refractivity contribution in [2.75, 3.05) is 0 Å². The molecule has 5 nitrogen and oxygen atoms in total. The van der Waals surface area contributed by atoms with Crippen LogP contribution in [0.4, 0.5) is 0 Å². The van der Waals surface area contributed by atoms with Crippen molar-refractivity contribution in [1.82, 2.24) is 9.97 Å². The Kier molecular flexibility index (Phi) is 1.00. The van der Waals surface area contributed by atoms with E-state index in [1.165, 1.54) is 12.4 Å². The molecular formula is C6H2N2O3. The molecule has 0 aliphatic heterocycles. The van der Waals surface area contributed by atoms with Gasteiger partial charge in [-0.2, -0.15) is 0 Å². The molecule has 0 atom stereocenters. The standard InChI is InChI=1S/C6H2N2O3/c9-5-3-1-7-4(2-8-3)6(10)11-5/h1-2H. The highest BCUT2D eigenvalue weighted by atomic mass is 16.4. The van der Waals surface area contributed by atoms with Crippen molar-refractivity contribution in [3.63, 3.8) is 0 Å². The third-order valence-corrected chi connectivity index (χ3v) is 1.26. The molecule has 0 amide bonds. The lowest BCUT2D eigenvalue weighted by atomic mass is 10.5. The fourth-order valence-corrected chi connectivity index (χ4v) is 0.728. The van der Waals surface area contributed by atoms with Crippen molar-refractivity contribution in [2.45, 2.75) is 0 Å². The van der Waals surface area contributed by atoms with Gasteiger partial charge in [-0.15, -0.1) is 0 Å². The van der Waals surface area contributed by atoms with Crippen LogP contribution in [0.2, 0.25) is 0 Å². The summed E-state index contributed by atoms with van der Waals surface area (Å²) in [5, 5.41) is 0. The summed E-state index contributed by atoms with van der Waals surface area (Å²) in [6.07, 6.45) is 2.42. The Labute approximate surface area is 59.7 Å². The Morgan fingerprint density at radius 1 is 1.00 bits per heavy atom.